The summed E-state index contributed by atoms with van der Waals surface area (Å²) in [6, 6.07) is 14.3. The summed E-state index contributed by atoms with van der Waals surface area (Å²) in [6.45, 7) is 10.1. The lowest BCUT2D eigenvalue weighted by Gasteiger charge is -2.21. The van der Waals surface area contributed by atoms with Crippen LogP contribution in [-0.2, 0) is 23.1 Å². The summed E-state index contributed by atoms with van der Waals surface area (Å²) in [4.78, 5) is 20.1. The number of aryl methyl sites for hydroxylation is 2. The van der Waals surface area contributed by atoms with Gasteiger partial charge in [-0.25, -0.2) is 22.9 Å². The van der Waals surface area contributed by atoms with E-state index in [0.29, 0.717) is 31.2 Å². The van der Waals surface area contributed by atoms with Gasteiger partial charge in [0.05, 0.1) is 34.1 Å². The van der Waals surface area contributed by atoms with E-state index in [-0.39, 0.29) is 34.9 Å². The van der Waals surface area contributed by atoms with E-state index in [1.807, 2.05) is 42.8 Å². The molecule has 0 fully saturated rings. The number of anilines is 1. The zero-order valence-corrected chi connectivity index (χ0v) is 27.0. The van der Waals surface area contributed by atoms with Crippen molar-refractivity contribution in [3.05, 3.63) is 82.7 Å². The number of nitrogens with one attached hydrogen (secondary N) is 3. The SMILES string of the molecule is Cc1cccc(C)c1-c1cc(OC[C@@H](CC(C)C)NCc2cc3n(n2)CCNC3O)nc(NS(=O)(=O)c2cccc(C(=O)O)c2)n1. The summed E-state index contributed by atoms with van der Waals surface area (Å²) in [5.41, 5.74) is 4.54. The highest BCUT2D eigenvalue weighted by molar-refractivity contribution is 7.92. The van der Waals surface area contributed by atoms with Crippen molar-refractivity contribution in [3.8, 4) is 17.1 Å². The molecule has 0 spiro atoms. The smallest absolute Gasteiger partial charge is 0.335 e. The third-order valence-corrected chi connectivity index (χ3v) is 8.95. The van der Waals surface area contributed by atoms with E-state index in [4.69, 9.17) is 4.74 Å². The summed E-state index contributed by atoms with van der Waals surface area (Å²) >= 11 is 0. The molecule has 0 saturated heterocycles. The van der Waals surface area contributed by atoms with Gasteiger partial charge in [-0.1, -0.05) is 38.1 Å². The molecule has 244 valence electrons. The fourth-order valence-corrected chi connectivity index (χ4v) is 6.45. The number of hydrogen-bond donors (Lipinski definition) is 5. The predicted molar refractivity (Wildman–Crippen MR) is 172 cm³/mol. The van der Waals surface area contributed by atoms with E-state index in [2.05, 4.69) is 44.3 Å². The third-order valence-electron chi connectivity index (χ3n) is 7.62. The number of ether oxygens (including phenoxy) is 1. The maximum Gasteiger partial charge on any atom is 0.335 e. The molecule has 0 bridgehead atoms. The summed E-state index contributed by atoms with van der Waals surface area (Å²) in [6.07, 6.45) is 0.0350. The van der Waals surface area contributed by atoms with Crippen LogP contribution >= 0.6 is 0 Å². The second-order valence-electron chi connectivity index (χ2n) is 11.8. The average Bonchev–Trinajstić information content (AvgIpc) is 3.43. The number of sulfonamides is 1. The lowest BCUT2D eigenvalue weighted by molar-refractivity contribution is 0.0696. The minimum atomic E-state index is -4.23. The van der Waals surface area contributed by atoms with Crippen molar-refractivity contribution in [2.45, 2.75) is 64.4 Å². The molecule has 0 saturated carbocycles. The van der Waals surface area contributed by atoms with Gasteiger partial charge in [0.15, 0.2) is 0 Å². The van der Waals surface area contributed by atoms with Crippen LogP contribution in [0.15, 0.2) is 59.5 Å². The van der Waals surface area contributed by atoms with E-state index in [0.717, 1.165) is 40.6 Å². The Labute approximate surface area is 268 Å². The van der Waals surface area contributed by atoms with Crippen molar-refractivity contribution in [1.29, 1.82) is 0 Å². The van der Waals surface area contributed by atoms with Crippen LogP contribution < -0.4 is 20.1 Å². The molecule has 5 rings (SSSR count). The van der Waals surface area contributed by atoms with Gasteiger partial charge in [0.25, 0.3) is 10.0 Å². The maximum absolute atomic E-state index is 13.3. The molecular formula is C32H39N7O6S. The second-order valence-corrected chi connectivity index (χ2v) is 13.5. The minimum Gasteiger partial charge on any atom is -0.478 e. The molecule has 2 aromatic carbocycles. The van der Waals surface area contributed by atoms with Crippen LogP contribution in [0.5, 0.6) is 5.88 Å². The van der Waals surface area contributed by atoms with Crippen molar-refractivity contribution in [2.24, 2.45) is 5.92 Å². The topological polar surface area (TPSA) is 181 Å². The van der Waals surface area contributed by atoms with Crippen LogP contribution in [0.2, 0.25) is 0 Å². The van der Waals surface area contributed by atoms with Gasteiger partial charge in [-0.15, -0.1) is 0 Å². The van der Waals surface area contributed by atoms with Gasteiger partial charge >= 0.3 is 5.97 Å². The molecule has 0 radical (unpaired) electrons. The number of rotatable bonds is 13. The Kier molecular flexibility index (Phi) is 10.0. The molecule has 14 heteroatoms. The molecule has 4 aromatic rings. The first-order valence-corrected chi connectivity index (χ1v) is 16.5. The molecule has 1 unspecified atom stereocenters. The Hall–Kier alpha value is -4.37. The number of aliphatic hydroxyl groups is 1. The van der Waals surface area contributed by atoms with Gasteiger partial charge in [-0.05, 0) is 61.6 Å². The molecule has 2 atom stereocenters. The molecule has 0 aliphatic carbocycles. The normalized spacial score (nSPS) is 15.4. The summed E-state index contributed by atoms with van der Waals surface area (Å²) in [5, 5.41) is 30.7. The standard InChI is InChI=1S/C32H39N7O6S/c1-19(2)13-24(34-17-23-15-27-30(40)33-11-12-39(27)37-23)18-45-28-16-26(29-20(3)7-5-8-21(29)4)35-32(36-28)38-46(43,44)25-10-6-9-22(14-25)31(41)42/h5-10,14-16,19,24,30,33-34,40H,11-13,17-18H2,1-4H3,(H,41,42)(H,35,36,38)/t24-,30?/m1/s1. The first-order valence-electron chi connectivity index (χ1n) is 15.1. The number of carboxylic acids is 1. The largest absolute Gasteiger partial charge is 0.478 e. The quantitative estimate of drug-likeness (QED) is 0.143. The van der Waals surface area contributed by atoms with Gasteiger partial charge in [0, 0.05) is 30.8 Å². The van der Waals surface area contributed by atoms with Crippen LogP contribution in [0.1, 0.15) is 59.4 Å². The Morgan fingerprint density at radius 3 is 2.54 bits per heavy atom. The number of carboxylic acid groups (broad SMARTS) is 1. The van der Waals surface area contributed by atoms with Gasteiger partial charge < -0.3 is 20.3 Å². The highest BCUT2D eigenvalue weighted by Crippen LogP contribution is 2.29. The fourth-order valence-electron chi connectivity index (χ4n) is 5.46. The molecule has 0 amide bonds. The highest BCUT2D eigenvalue weighted by atomic mass is 32.2. The number of benzene rings is 2. The van der Waals surface area contributed by atoms with Crippen LogP contribution in [0.4, 0.5) is 5.95 Å². The van der Waals surface area contributed by atoms with E-state index in [9.17, 15) is 23.4 Å². The van der Waals surface area contributed by atoms with Crippen molar-refractivity contribution in [3.63, 3.8) is 0 Å². The van der Waals surface area contributed by atoms with Crippen LogP contribution in [0.25, 0.3) is 11.3 Å². The maximum atomic E-state index is 13.3. The molecule has 46 heavy (non-hydrogen) atoms. The Bertz CT molecular complexity index is 1810. The van der Waals surface area contributed by atoms with E-state index >= 15 is 0 Å². The Balaban J connectivity index is 1.40. The Morgan fingerprint density at radius 1 is 1.11 bits per heavy atom. The lowest BCUT2D eigenvalue weighted by Crippen LogP contribution is -2.35. The minimum absolute atomic E-state index is 0.0979. The number of aromatic nitrogens is 4. The molecule has 2 aromatic heterocycles. The van der Waals surface area contributed by atoms with Gasteiger partial charge in [0.2, 0.25) is 11.8 Å². The lowest BCUT2D eigenvalue weighted by atomic mass is 10.00. The number of nitrogens with zero attached hydrogens (tertiary/aromatic N) is 4. The van der Waals surface area contributed by atoms with Crippen molar-refractivity contribution in [1.82, 2.24) is 30.4 Å². The zero-order chi connectivity index (χ0) is 33.0. The van der Waals surface area contributed by atoms with Crippen LogP contribution in [0.3, 0.4) is 0 Å². The van der Waals surface area contributed by atoms with Crippen LogP contribution in [0, 0.1) is 19.8 Å². The zero-order valence-electron chi connectivity index (χ0n) is 26.2. The summed E-state index contributed by atoms with van der Waals surface area (Å²) in [5.74, 6) is -0.929. The predicted octanol–water partition coefficient (Wildman–Crippen LogP) is 3.63. The monoisotopic (exact) mass is 649 g/mol. The number of aliphatic hydroxyl groups excluding tert-OH is 1. The molecule has 1 aliphatic rings. The number of fused-ring (bicyclic) bond motifs is 1. The summed E-state index contributed by atoms with van der Waals surface area (Å²) in [7, 11) is -4.23. The van der Waals surface area contributed by atoms with Gasteiger partial charge in [0.1, 0.15) is 12.8 Å². The van der Waals surface area contributed by atoms with E-state index in [1.165, 1.54) is 18.2 Å². The van der Waals surface area contributed by atoms with E-state index in [1.54, 1.807) is 6.07 Å². The Morgan fingerprint density at radius 2 is 1.85 bits per heavy atom. The summed E-state index contributed by atoms with van der Waals surface area (Å²) < 4.78 is 37.0. The fraction of sp³-hybridized carbons (Fsp3) is 0.375. The molecule has 13 nitrogen and oxygen atoms in total. The number of hydrogen-bond acceptors (Lipinski definition) is 10. The second kappa shape index (κ2) is 14.0. The first kappa shape index (κ1) is 33.0. The molecule has 3 heterocycles. The first-order chi connectivity index (χ1) is 21.9. The highest BCUT2D eigenvalue weighted by Gasteiger charge is 2.22. The molecule has 1 aliphatic heterocycles. The number of aromatic carboxylic acids is 1. The van der Waals surface area contributed by atoms with Crippen molar-refractivity contribution in [2.75, 3.05) is 17.9 Å². The van der Waals surface area contributed by atoms with Gasteiger partial charge in [-0.2, -0.15) is 10.1 Å². The molecular weight excluding hydrogens is 610 g/mol. The average molecular weight is 650 g/mol. The third kappa shape index (κ3) is 7.88. The van der Waals surface area contributed by atoms with Gasteiger partial charge in [-0.3, -0.25) is 10.00 Å². The number of carbonyl (C=O) groups is 1. The van der Waals surface area contributed by atoms with Crippen molar-refractivity contribution < 1.29 is 28.2 Å². The van der Waals surface area contributed by atoms with Crippen molar-refractivity contribution >= 4 is 21.9 Å². The van der Waals surface area contributed by atoms with E-state index < -0.39 is 22.2 Å². The van der Waals surface area contributed by atoms with Crippen LogP contribution in [-0.4, -0.2) is 63.5 Å². The molecule has 5 N–H and O–H groups in total.